The van der Waals surface area contributed by atoms with E-state index in [-0.39, 0.29) is 61.7 Å². The van der Waals surface area contributed by atoms with E-state index in [0.29, 0.717) is 43.5 Å². The summed E-state index contributed by atoms with van der Waals surface area (Å²) in [5.41, 5.74) is 10.4. The number of carbonyl (C=O) groups excluding carboxylic acids is 2. The van der Waals surface area contributed by atoms with Gasteiger partial charge in [-0.1, -0.05) is 40.1 Å². The minimum atomic E-state index is -2.64. The quantitative estimate of drug-likeness (QED) is 0.156. The smallest absolute Gasteiger partial charge is 0.248 e. The van der Waals surface area contributed by atoms with Gasteiger partial charge in [0.1, 0.15) is 23.2 Å². The Morgan fingerprint density at radius 3 is 1.66 bits per heavy atom. The van der Waals surface area contributed by atoms with Crippen molar-refractivity contribution in [2.45, 2.75) is 161 Å². The first-order valence-electron chi connectivity index (χ1n) is 24.5. The van der Waals surface area contributed by atoms with Crippen molar-refractivity contribution in [1.29, 1.82) is 0 Å². The summed E-state index contributed by atoms with van der Waals surface area (Å²) in [6.07, 6.45) is 4.96. The molecular weight excluding hydrogens is 924 g/mol. The van der Waals surface area contributed by atoms with Crippen LogP contribution < -0.4 is 10.2 Å². The van der Waals surface area contributed by atoms with Crippen LogP contribution in [0.15, 0.2) is 63.6 Å². The Morgan fingerprint density at radius 1 is 0.643 bits per heavy atom. The van der Waals surface area contributed by atoms with E-state index < -0.39 is 11.8 Å². The molecule has 0 spiro atoms. The lowest BCUT2D eigenvalue weighted by atomic mass is 9.91. The van der Waals surface area contributed by atoms with Crippen molar-refractivity contribution in [2.75, 3.05) is 4.90 Å². The average molecular weight is 982 g/mol. The third-order valence-corrected chi connectivity index (χ3v) is 15.3. The Hall–Kier alpha value is -6.03. The zero-order chi connectivity index (χ0) is 49.2. The molecule has 2 aliphatic heterocycles. The fourth-order valence-corrected chi connectivity index (χ4v) is 11.5. The second-order valence-corrected chi connectivity index (χ2v) is 20.2. The highest BCUT2D eigenvalue weighted by atomic mass is 35.5. The van der Waals surface area contributed by atoms with Gasteiger partial charge in [-0.25, -0.2) is 27.5 Å². The summed E-state index contributed by atoms with van der Waals surface area (Å²) >= 11 is 6.47. The van der Waals surface area contributed by atoms with Gasteiger partial charge in [0.2, 0.25) is 23.7 Å². The molecule has 2 saturated carbocycles. The molecule has 3 aromatic carbocycles. The van der Waals surface area contributed by atoms with E-state index in [1.165, 1.54) is 0 Å². The molecular formula is C53H57ClF4N8O4. The lowest BCUT2D eigenvalue weighted by Crippen LogP contribution is -2.40. The number of carbonyl (C=O) groups is 2. The zero-order valence-electron chi connectivity index (χ0n) is 40.1. The topological polar surface area (TPSA) is 137 Å². The minimum Gasteiger partial charge on any atom is -0.361 e. The third kappa shape index (κ3) is 9.12. The maximum Gasteiger partial charge on any atom is 0.248 e. The van der Waals surface area contributed by atoms with E-state index in [0.717, 1.165) is 116 Å². The van der Waals surface area contributed by atoms with E-state index in [2.05, 4.69) is 24.8 Å². The molecule has 2 amide bonds. The van der Waals surface area contributed by atoms with Crippen LogP contribution in [-0.2, 0) is 9.59 Å². The standard InChI is InChI=1S/C30H31ClF2N4O2.C23H26F2N4O2/c1-17-7-9-22(16-23(17)31)36-26(5-4-6-27(36)38)29-34-24-15-20(28-18(2)35-39-19(28)3)8-10-25(24)37(29)21-11-13-30(32,33)14-12-21;1-13-21(14(2)31-28-13)15-6-7-19-18(12-15)27-22(17-4-3-5-20(30)26-17)29(19)16-8-10-23(24,25)11-9-16/h7-10,15-16,21,26H,4-6,11-14H2,1-3H3;6-7,12,16-17H,3-5,8-11H2,1-2H3,(H,26,30)/t26-;17-/m00/s1. The summed E-state index contributed by atoms with van der Waals surface area (Å²) in [7, 11) is 0. The molecule has 368 valence electrons. The summed E-state index contributed by atoms with van der Waals surface area (Å²) in [5.74, 6) is -2.24. The van der Waals surface area contributed by atoms with Gasteiger partial charge in [0.15, 0.2) is 0 Å². The fourth-order valence-electron chi connectivity index (χ4n) is 11.3. The monoisotopic (exact) mass is 980 g/mol. The summed E-state index contributed by atoms with van der Waals surface area (Å²) in [5, 5.41) is 11.8. The molecule has 17 heteroatoms. The van der Waals surface area contributed by atoms with Crippen molar-refractivity contribution in [3.8, 4) is 22.3 Å². The second-order valence-electron chi connectivity index (χ2n) is 19.8. The number of imidazole rings is 2. The highest BCUT2D eigenvalue weighted by molar-refractivity contribution is 6.31. The Labute approximate surface area is 408 Å². The van der Waals surface area contributed by atoms with E-state index in [1.54, 1.807) is 4.90 Å². The SMILES string of the molecule is Cc1ccc(N2C(=O)CCC[C@H]2c2nc3cc(-c4c(C)noc4C)ccc3n2C2CCC(F)(F)CC2)cc1Cl.Cc1noc(C)c1-c1ccc2c(c1)nc([C@@H]1CCCC(=O)N1)n2C1CCC(F)(F)CC1. The number of anilines is 1. The first-order valence-corrected chi connectivity index (χ1v) is 24.9. The van der Waals surface area contributed by atoms with Crippen LogP contribution in [0.5, 0.6) is 0 Å². The highest BCUT2D eigenvalue weighted by Crippen LogP contribution is 2.46. The fraction of sp³-hybridized carbons (Fsp3) is 0.472. The van der Waals surface area contributed by atoms with Crippen LogP contribution in [0.2, 0.25) is 5.02 Å². The molecule has 1 N–H and O–H groups in total. The number of halogens is 5. The maximum absolute atomic E-state index is 14.2. The van der Waals surface area contributed by atoms with Crippen LogP contribution in [0.25, 0.3) is 44.3 Å². The summed E-state index contributed by atoms with van der Waals surface area (Å²) < 4.78 is 71.0. The molecule has 7 aromatic rings. The van der Waals surface area contributed by atoms with E-state index in [4.69, 9.17) is 30.6 Å². The first kappa shape index (κ1) is 47.6. The number of amides is 2. The van der Waals surface area contributed by atoms with Gasteiger partial charge in [-0.3, -0.25) is 9.59 Å². The van der Waals surface area contributed by atoms with Crippen LogP contribution in [0.1, 0.15) is 154 Å². The van der Waals surface area contributed by atoms with E-state index in [9.17, 15) is 27.2 Å². The van der Waals surface area contributed by atoms with Crippen molar-refractivity contribution in [1.82, 2.24) is 34.7 Å². The predicted molar refractivity (Wildman–Crippen MR) is 259 cm³/mol. The van der Waals surface area contributed by atoms with Gasteiger partial charge in [0.05, 0.1) is 45.5 Å². The van der Waals surface area contributed by atoms with Crippen molar-refractivity contribution in [2.24, 2.45) is 0 Å². The number of nitrogens with one attached hydrogen (secondary N) is 1. The predicted octanol–water partition coefficient (Wildman–Crippen LogP) is 13.7. The lowest BCUT2D eigenvalue weighted by Gasteiger charge is -2.37. The average Bonchev–Trinajstić information content (AvgIpc) is 4.09. The Balaban J connectivity index is 0.000000166. The highest BCUT2D eigenvalue weighted by Gasteiger charge is 2.41. The minimum absolute atomic E-state index is 0.0105. The van der Waals surface area contributed by atoms with Crippen LogP contribution in [-0.4, -0.2) is 53.1 Å². The second kappa shape index (κ2) is 18.6. The molecule has 4 fully saturated rings. The maximum atomic E-state index is 14.2. The molecule has 0 unspecified atom stereocenters. The number of hydrogen-bond acceptors (Lipinski definition) is 8. The van der Waals surface area contributed by atoms with E-state index in [1.807, 2.05) is 89.2 Å². The number of benzene rings is 3. The summed E-state index contributed by atoms with van der Waals surface area (Å²) in [6, 6.07) is 17.0. The molecule has 0 bridgehead atoms. The molecule has 2 saturated heterocycles. The number of fused-ring (bicyclic) bond motifs is 2. The first-order chi connectivity index (χ1) is 33.4. The van der Waals surface area contributed by atoms with Gasteiger partial charge >= 0.3 is 0 Å². The Bertz CT molecular complexity index is 3080. The molecule has 6 heterocycles. The van der Waals surface area contributed by atoms with Gasteiger partial charge in [0.25, 0.3) is 0 Å². The van der Waals surface area contributed by atoms with Crippen LogP contribution in [0.3, 0.4) is 0 Å². The van der Waals surface area contributed by atoms with Crippen molar-refractivity contribution >= 4 is 51.2 Å². The normalized spacial score (nSPS) is 21.0. The molecule has 70 heavy (non-hydrogen) atoms. The van der Waals surface area contributed by atoms with Crippen molar-refractivity contribution in [3.63, 3.8) is 0 Å². The Morgan fingerprint density at radius 2 is 1.16 bits per heavy atom. The summed E-state index contributed by atoms with van der Waals surface area (Å²) in [6.45, 7) is 9.49. The Kier molecular flexibility index (Phi) is 12.7. The number of alkyl halides is 4. The molecule has 11 rings (SSSR count). The molecule has 2 atom stereocenters. The molecule has 4 aromatic heterocycles. The molecule has 12 nitrogen and oxygen atoms in total. The molecule has 0 radical (unpaired) electrons. The van der Waals surface area contributed by atoms with Gasteiger partial charge in [0, 0.05) is 72.4 Å². The van der Waals surface area contributed by atoms with Gasteiger partial charge in [-0.05, 0) is 139 Å². The van der Waals surface area contributed by atoms with E-state index >= 15 is 0 Å². The van der Waals surface area contributed by atoms with Crippen LogP contribution >= 0.6 is 11.6 Å². The van der Waals surface area contributed by atoms with Gasteiger partial charge in [-0.15, -0.1) is 0 Å². The zero-order valence-corrected chi connectivity index (χ0v) is 40.8. The van der Waals surface area contributed by atoms with Crippen LogP contribution in [0.4, 0.5) is 23.2 Å². The lowest BCUT2D eigenvalue weighted by molar-refractivity contribution is -0.123. The van der Waals surface area contributed by atoms with Gasteiger partial charge < -0.3 is 28.4 Å². The number of aromatic nitrogens is 6. The third-order valence-electron chi connectivity index (χ3n) is 14.9. The summed E-state index contributed by atoms with van der Waals surface area (Å²) in [4.78, 5) is 37.3. The van der Waals surface area contributed by atoms with Crippen molar-refractivity contribution in [3.05, 3.63) is 99.7 Å². The van der Waals surface area contributed by atoms with Crippen molar-refractivity contribution < 1.29 is 36.2 Å². The molecule has 4 aliphatic rings. The number of aryl methyl sites for hydroxylation is 5. The molecule has 2 aliphatic carbocycles. The van der Waals surface area contributed by atoms with Crippen LogP contribution in [0, 0.1) is 34.6 Å². The number of nitrogens with zero attached hydrogens (tertiary/aromatic N) is 7. The number of hydrogen-bond donors (Lipinski definition) is 1. The number of piperidine rings is 2. The number of rotatable bonds is 7. The largest absolute Gasteiger partial charge is 0.361 e. The van der Waals surface area contributed by atoms with Gasteiger partial charge in [-0.2, -0.15) is 0 Å².